The maximum absolute atomic E-state index is 13.3. The van der Waals surface area contributed by atoms with Crippen LogP contribution in [0, 0.1) is 0 Å². The molecule has 2 N–H and O–H groups in total. The lowest BCUT2D eigenvalue weighted by Crippen LogP contribution is -2.41. The Morgan fingerprint density at radius 3 is 2.24 bits per heavy atom. The predicted molar refractivity (Wildman–Crippen MR) is 137 cm³/mol. The topological polar surface area (TPSA) is 94.6 Å². The number of nitrogens with one attached hydrogen (secondary N) is 2. The summed E-state index contributed by atoms with van der Waals surface area (Å²) in [5.41, 5.74) is 4.89. The van der Waals surface area contributed by atoms with Crippen molar-refractivity contribution < 1.29 is 27.6 Å². The van der Waals surface area contributed by atoms with Crippen LogP contribution in [0.3, 0.4) is 0 Å². The quantitative estimate of drug-likeness (QED) is 0.466. The van der Waals surface area contributed by atoms with Gasteiger partial charge < -0.3 is 9.80 Å². The first-order valence-electron chi connectivity index (χ1n) is 11.8. The van der Waals surface area contributed by atoms with Crippen molar-refractivity contribution in [3.63, 3.8) is 0 Å². The first kappa shape index (κ1) is 27.1. The summed E-state index contributed by atoms with van der Waals surface area (Å²) < 4.78 is 40.0. The number of hydrazine groups is 1. The van der Waals surface area contributed by atoms with Gasteiger partial charge in [-0.2, -0.15) is 13.2 Å². The minimum atomic E-state index is -4.61. The molecule has 0 bridgehead atoms. The number of rotatable bonds is 5. The number of hydrogen-bond donors (Lipinski definition) is 2. The number of thiazole rings is 1. The zero-order chi connectivity index (χ0) is 27.4. The average Bonchev–Trinajstić information content (AvgIpc) is 3.41. The number of carbonyl (C=O) groups excluding carboxylic acids is 3. The Balaban J connectivity index is 1.31. The Labute approximate surface area is 221 Å². The van der Waals surface area contributed by atoms with Gasteiger partial charge in [0.05, 0.1) is 16.1 Å². The number of nitrogens with zero attached hydrogens (tertiary/aromatic N) is 3. The summed E-state index contributed by atoms with van der Waals surface area (Å²) >= 11 is 1.29. The fraction of sp³-hybridized carbons (Fsp3) is 0.308. The molecule has 0 spiro atoms. The summed E-state index contributed by atoms with van der Waals surface area (Å²) in [6.45, 7) is 0.555. The summed E-state index contributed by atoms with van der Waals surface area (Å²) in [7, 11) is 3.77. The molecular formula is C26H26F3N5O3S. The first-order chi connectivity index (χ1) is 18.0. The molecule has 38 heavy (non-hydrogen) atoms. The number of hydrogen-bond acceptors (Lipinski definition) is 6. The lowest BCUT2D eigenvalue weighted by Gasteiger charge is -2.31. The zero-order valence-electron chi connectivity index (χ0n) is 20.7. The van der Waals surface area contributed by atoms with Gasteiger partial charge in [0.15, 0.2) is 0 Å². The van der Waals surface area contributed by atoms with Gasteiger partial charge in [0.1, 0.15) is 5.69 Å². The maximum Gasteiger partial charge on any atom is 0.417 e. The Hall–Kier alpha value is -3.93. The molecule has 2 heterocycles. The van der Waals surface area contributed by atoms with E-state index in [4.69, 9.17) is 0 Å². The van der Waals surface area contributed by atoms with Crippen LogP contribution in [0.25, 0.3) is 0 Å². The Morgan fingerprint density at radius 1 is 0.974 bits per heavy atom. The van der Waals surface area contributed by atoms with E-state index in [1.807, 2.05) is 19.0 Å². The highest BCUT2D eigenvalue weighted by atomic mass is 32.1. The summed E-state index contributed by atoms with van der Waals surface area (Å²) in [5, 5.41) is 2.28. The van der Waals surface area contributed by atoms with Crippen molar-refractivity contribution in [3.05, 3.63) is 81.3 Å². The van der Waals surface area contributed by atoms with Gasteiger partial charge in [-0.25, -0.2) is 4.98 Å². The van der Waals surface area contributed by atoms with Crippen molar-refractivity contribution in [1.82, 2.24) is 20.7 Å². The van der Waals surface area contributed by atoms with Crippen molar-refractivity contribution in [2.45, 2.75) is 24.9 Å². The molecule has 1 aliphatic heterocycles. The van der Waals surface area contributed by atoms with Crippen LogP contribution < -0.4 is 15.8 Å². The van der Waals surface area contributed by atoms with Crippen LogP contribution in [-0.2, 0) is 6.18 Å². The molecule has 0 unspecified atom stereocenters. The monoisotopic (exact) mass is 545 g/mol. The number of anilines is 1. The van der Waals surface area contributed by atoms with Crippen molar-refractivity contribution in [1.29, 1.82) is 0 Å². The van der Waals surface area contributed by atoms with E-state index >= 15 is 0 Å². The number of alkyl halides is 3. The van der Waals surface area contributed by atoms with E-state index < -0.39 is 29.5 Å². The molecule has 0 atom stereocenters. The van der Waals surface area contributed by atoms with Gasteiger partial charge >= 0.3 is 6.18 Å². The fourth-order valence-corrected chi connectivity index (χ4v) is 5.13. The van der Waals surface area contributed by atoms with Crippen LogP contribution in [0.4, 0.5) is 18.9 Å². The normalized spacial score (nSPS) is 14.2. The van der Waals surface area contributed by atoms with Crippen LogP contribution in [0.5, 0.6) is 0 Å². The van der Waals surface area contributed by atoms with E-state index in [0.717, 1.165) is 11.8 Å². The number of carbonyl (C=O) groups is 3. The summed E-state index contributed by atoms with van der Waals surface area (Å²) in [5.74, 6) is -1.72. The number of benzene rings is 2. The maximum atomic E-state index is 13.3. The molecule has 0 saturated carbocycles. The van der Waals surface area contributed by atoms with Gasteiger partial charge in [0.2, 0.25) is 0 Å². The van der Waals surface area contributed by atoms with Crippen LogP contribution in [0.1, 0.15) is 60.5 Å². The molecule has 4 rings (SSSR count). The van der Waals surface area contributed by atoms with Crippen LogP contribution >= 0.6 is 11.3 Å². The van der Waals surface area contributed by atoms with Gasteiger partial charge in [-0.05, 0) is 49.2 Å². The number of amides is 3. The van der Waals surface area contributed by atoms with Gasteiger partial charge in [0.25, 0.3) is 17.7 Å². The van der Waals surface area contributed by atoms with Crippen molar-refractivity contribution in [2.24, 2.45) is 0 Å². The fourth-order valence-electron chi connectivity index (χ4n) is 4.16. The lowest BCUT2D eigenvalue weighted by molar-refractivity contribution is -0.138. The highest BCUT2D eigenvalue weighted by Gasteiger charge is 2.36. The molecule has 8 nitrogen and oxygen atoms in total. The third kappa shape index (κ3) is 6.13. The third-order valence-electron chi connectivity index (χ3n) is 6.28. The van der Waals surface area contributed by atoms with Gasteiger partial charge in [-0.1, -0.05) is 12.1 Å². The summed E-state index contributed by atoms with van der Waals surface area (Å²) in [6, 6.07) is 11.7. The molecule has 0 aliphatic carbocycles. The Morgan fingerprint density at radius 2 is 1.61 bits per heavy atom. The van der Waals surface area contributed by atoms with Crippen molar-refractivity contribution in [2.75, 3.05) is 32.1 Å². The van der Waals surface area contributed by atoms with E-state index in [2.05, 4.69) is 15.8 Å². The SMILES string of the molecule is CN(C)c1ccc(C(=O)NNC(=O)c2csc(C3CCN(C(=O)c4ccccc4C(F)(F)F)CC3)n2)cc1. The van der Waals surface area contributed by atoms with E-state index in [-0.39, 0.29) is 30.3 Å². The standard InChI is InChI=1S/C26H26F3N5O3S/c1-33(2)18-9-7-16(8-10-18)22(35)31-32-23(36)21-15-38-24(30-21)17-11-13-34(14-12-17)25(37)19-5-3-4-6-20(19)26(27,28)29/h3-10,15,17H,11-14H2,1-2H3,(H,31,35)(H,32,36). The molecule has 1 fully saturated rings. The highest BCUT2D eigenvalue weighted by molar-refractivity contribution is 7.09. The molecule has 1 aliphatic rings. The van der Waals surface area contributed by atoms with Crippen LogP contribution in [0.2, 0.25) is 0 Å². The van der Waals surface area contributed by atoms with Crippen LogP contribution in [-0.4, -0.2) is 54.8 Å². The van der Waals surface area contributed by atoms with Gasteiger partial charge in [-0.3, -0.25) is 25.2 Å². The second-order valence-electron chi connectivity index (χ2n) is 9.03. The smallest absolute Gasteiger partial charge is 0.378 e. The number of halogens is 3. The number of piperidine rings is 1. The predicted octanol–water partition coefficient (Wildman–Crippen LogP) is 4.32. The molecule has 200 valence electrons. The molecular weight excluding hydrogens is 519 g/mol. The van der Waals surface area contributed by atoms with Gasteiger partial charge in [-0.15, -0.1) is 11.3 Å². The minimum absolute atomic E-state index is 0.0340. The van der Waals surface area contributed by atoms with E-state index in [1.54, 1.807) is 29.6 Å². The summed E-state index contributed by atoms with van der Waals surface area (Å²) in [4.78, 5) is 45.3. The van der Waals surface area contributed by atoms with Crippen molar-refractivity contribution in [3.8, 4) is 0 Å². The molecule has 2 aromatic carbocycles. The summed E-state index contributed by atoms with van der Waals surface area (Å²) in [6.07, 6.45) is -3.60. The zero-order valence-corrected chi connectivity index (χ0v) is 21.5. The molecule has 3 aromatic rings. The molecule has 1 aromatic heterocycles. The molecule has 3 amide bonds. The third-order valence-corrected chi connectivity index (χ3v) is 7.29. The largest absolute Gasteiger partial charge is 0.417 e. The average molecular weight is 546 g/mol. The molecule has 12 heteroatoms. The first-order valence-corrected chi connectivity index (χ1v) is 12.7. The second-order valence-corrected chi connectivity index (χ2v) is 9.92. The second kappa shape index (κ2) is 11.2. The molecule has 1 saturated heterocycles. The number of likely N-dealkylation sites (tertiary alicyclic amines) is 1. The highest BCUT2D eigenvalue weighted by Crippen LogP contribution is 2.34. The Bertz CT molecular complexity index is 1320. The Kier molecular flexibility index (Phi) is 8.00. The van der Waals surface area contributed by atoms with E-state index in [0.29, 0.717) is 23.4 Å². The molecule has 0 radical (unpaired) electrons. The van der Waals surface area contributed by atoms with E-state index in [1.165, 1.54) is 34.4 Å². The van der Waals surface area contributed by atoms with Gasteiger partial charge in [0, 0.05) is 49.7 Å². The van der Waals surface area contributed by atoms with Crippen LogP contribution in [0.15, 0.2) is 53.9 Å². The lowest BCUT2D eigenvalue weighted by atomic mass is 9.96. The number of aromatic nitrogens is 1. The van der Waals surface area contributed by atoms with E-state index in [9.17, 15) is 27.6 Å². The van der Waals surface area contributed by atoms with Crippen molar-refractivity contribution >= 4 is 34.7 Å². The minimum Gasteiger partial charge on any atom is -0.378 e.